The van der Waals surface area contributed by atoms with Gasteiger partial charge in [-0.3, -0.25) is 0 Å². The lowest BCUT2D eigenvalue weighted by molar-refractivity contribution is 0.415. The topological polar surface area (TPSA) is 73.1 Å². The summed E-state index contributed by atoms with van der Waals surface area (Å²) in [7, 11) is 1.64. The molecular formula is C20H18N4O2. The number of hydrogen-bond acceptors (Lipinski definition) is 6. The summed E-state index contributed by atoms with van der Waals surface area (Å²) in [5.74, 6) is 1.44. The number of fused-ring (bicyclic) bond motifs is 1. The molecule has 0 saturated carbocycles. The lowest BCUT2D eigenvalue weighted by Gasteiger charge is -2.08. The van der Waals surface area contributed by atoms with E-state index in [0.717, 1.165) is 16.7 Å². The third-order valence-corrected chi connectivity index (χ3v) is 4.20. The number of nitrogens with one attached hydrogen (secondary N) is 1. The Bertz CT molecular complexity index is 1040. The molecule has 4 rings (SSSR count). The van der Waals surface area contributed by atoms with Gasteiger partial charge in [0, 0.05) is 12.1 Å². The van der Waals surface area contributed by atoms with E-state index in [4.69, 9.17) is 9.26 Å². The summed E-state index contributed by atoms with van der Waals surface area (Å²) in [5.41, 5.74) is 4.42. The maximum atomic E-state index is 5.40. The highest BCUT2D eigenvalue weighted by Gasteiger charge is 2.17. The van der Waals surface area contributed by atoms with Crippen LogP contribution in [0.4, 0.5) is 5.82 Å². The van der Waals surface area contributed by atoms with Crippen LogP contribution in [0.5, 0.6) is 5.75 Å². The van der Waals surface area contributed by atoms with Crippen LogP contribution in [-0.4, -0.2) is 22.2 Å². The number of hydrogen-bond donors (Lipinski definition) is 1. The van der Waals surface area contributed by atoms with Gasteiger partial charge in [0.25, 0.3) is 5.71 Å². The minimum absolute atomic E-state index is 0.448. The normalized spacial score (nSPS) is 10.8. The van der Waals surface area contributed by atoms with Crippen molar-refractivity contribution in [1.82, 2.24) is 15.1 Å². The summed E-state index contributed by atoms with van der Waals surface area (Å²) < 4.78 is 10.7. The van der Waals surface area contributed by atoms with Crippen LogP contribution in [-0.2, 0) is 6.54 Å². The molecule has 130 valence electrons. The van der Waals surface area contributed by atoms with Crippen molar-refractivity contribution in [2.45, 2.75) is 13.5 Å². The number of methoxy groups -OCH3 is 1. The summed E-state index contributed by atoms with van der Waals surface area (Å²) in [6.45, 7) is 2.72. The zero-order valence-corrected chi connectivity index (χ0v) is 14.6. The van der Waals surface area contributed by atoms with Crippen molar-refractivity contribution in [3.8, 4) is 17.0 Å². The third kappa shape index (κ3) is 3.09. The molecule has 6 heteroatoms. The van der Waals surface area contributed by atoms with Crippen molar-refractivity contribution in [3.63, 3.8) is 0 Å². The zero-order valence-electron chi connectivity index (χ0n) is 14.6. The molecule has 0 spiro atoms. The van der Waals surface area contributed by atoms with Crippen LogP contribution in [0.3, 0.4) is 0 Å². The largest absolute Gasteiger partial charge is 0.497 e. The van der Waals surface area contributed by atoms with Gasteiger partial charge in [-0.05, 0) is 24.6 Å². The number of anilines is 1. The van der Waals surface area contributed by atoms with E-state index in [1.54, 1.807) is 7.11 Å². The molecule has 0 bridgehead atoms. The van der Waals surface area contributed by atoms with E-state index in [2.05, 4.69) is 51.6 Å². The van der Waals surface area contributed by atoms with Gasteiger partial charge in [0.05, 0.1) is 7.11 Å². The Morgan fingerprint density at radius 2 is 1.92 bits per heavy atom. The first-order valence-corrected chi connectivity index (χ1v) is 8.29. The summed E-state index contributed by atoms with van der Waals surface area (Å²) in [6.07, 6.45) is 1.47. The third-order valence-electron chi connectivity index (χ3n) is 4.20. The molecule has 0 fully saturated rings. The van der Waals surface area contributed by atoms with Crippen molar-refractivity contribution in [1.29, 1.82) is 0 Å². The average molecular weight is 346 g/mol. The van der Waals surface area contributed by atoms with Crippen molar-refractivity contribution >= 4 is 16.9 Å². The predicted octanol–water partition coefficient (Wildman–Crippen LogP) is 4.21. The van der Waals surface area contributed by atoms with Gasteiger partial charge < -0.3 is 14.6 Å². The highest BCUT2D eigenvalue weighted by Crippen LogP contribution is 2.32. The molecule has 2 heterocycles. The van der Waals surface area contributed by atoms with E-state index in [9.17, 15) is 0 Å². The fourth-order valence-electron chi connectivity index (χ4n) is 2.78. The zero-order chi connectivity index (χ0) is 17.9. The Balaban J connectivity index is 1.71. The fourth-order valence-corrected chi connectivity index (χ4v) is 2.78. The minimum atomic E-state index is 0.448. The summed E-state index contributed by atoms with van der Waals surface area (Å²) >= 11 is 0. The number of ether oxygens (including phenoxy) is 1. The molecule has 2 aromatic carbocycles. The Morgan fingerprint density at radius 1 is 1.08 bits per heavy atom. The highest BCUT2D eigenvalue weighted by atomic mass is 16.5. The lowest BCUT2D eigenvalue weighted by Crippen LogP contribution is -2.02. The van der Waals surface area contributed by atoms with Gasteiger partial charge in [-0.2, -0.15) is 4.98 Å². The van der Waals surface area contributed by atoms with Crippen LogP contribution in [0.25, 0.3) is 22.4 Å². The predicted molar refractivity (Wildman–Crippen MR) is 100 cm³/mol. The number of benzene rings is 2. The quantitative estimate of drug-likeness (QED) is 0.583. The van der Waals surface area contributed by atoms with Gasteiger partial charge in [0.1, 0.15) is 29.0 Å². The summed E-state index contributed by atoms with van der Waals surface area (Å²) in [6, 6.07) is 16.0. The average Bonchev–Trinajstić information content (AvgIpc) is 3.12. The molecule has 0 atom stereocenters. The smallest absolute Gasteiger partial charge is 0.263 e. The van der Waals surface area contributed by atoms with Crippen molar-refractivity contribution in [2.75, 3.05) is 12.4 Å². The monoisotopic (exact) mass is 346 g/mol. The van der Waals surface area contributed by atoms with Crippen molar-refractivity contribution < 1.29 is 9.26 Å². The molecule has 4 aromatic rings. The van der Waals surface area contributed by atoms with Crippen LogP contribution >= 0.6 is 0 Å². The van der Waals surface area contributed by atoms with Gasteiger partial charge in [0.15, 0.2) is 0 Å². The molecule has 0 aliphatic carbocycles. The highest BCUT2D eigenvalue weighted by molar-refractivity contribution is 5.97. The Labute approximate surface area is 150 Å². The van der Waals surface area contributed by atoms with Crippen LogP contribution in [0.1, 0.15) is 11.1 Å². The van der Waals surface area contributed by atoms with Gasteiger partial charge in [-0.25, -0.2) is 4.98 Å². The first kappa shape index (κ1) is 16.1. The van der Waals surface area contributed by atoms with Crippen LogP contribution in [0.2, 0.25) is 0 Å². The van der Waals surface area contributed by atoms with Crippen molar-refractivity contribution in [2.24, 2.45) is 0 Å². The van der Waals surface area contributed by atoms with E-state index >= 15 is 0 Å². The molecule has 2 aromatic heterocycles. The van der Waals surface area contributed by atoms with Gasteiger partial charge >= 0.3 is 0 Å². The first-order chi connectivity index (χ1) is 12.7. The molecule has 0 aliphatic heterocycles. The molecule has 0 amide bonds. The molecule has 0 unspecified atom stereocenters. The number of aryl methyl sites for hydroxylation is 1. The Morgan fingerprint density at radius 3 is 2.73 bits per heavy atom. The van der Waals surface area contributed by atoms with Crippen LogP contribution in [0.15, 0.2) is 59.4 Å². The van der Waals surface area contributed by atoms with E-state index in [1.165, 1.54) is 17.5 Å². The lowest BCUT2D eigenvalue weighted by atomic mass is 10.1. The number of nitrogens with zero attached hydrogens (tertiary/aromatic N) is 3. The maximum Gasteiger partial charge on any atom is 0.263 e. The van der Waals surface area contributed by atoms with Gasteiger partial charge in [-0.1, -0.05) is 47.1 Å². The van der Waals surface area contributed by atoms with Gasteiger partial charge in [-0.15, -0.1) is 0 Å². The van der Waals surface area contributed by atoms with Crippen molar-refractivity contribution in [3.05, 3.63) is 66.0 Å². The second-order valence-corrected chi connectivity index (χ2v) is 6.00. The van der Waals surface area contributed by atoms with Crippen LogP contribution < -0.4 is 10.1 Å². The molecule has 1 N–H and O–H groups in total. The number of rotatable bonds is 5. The summed E-state index contributed by atoms with van der Waals surface area (Å²) in [4.78, 5) is 8.57. The van der Waals surface area contributed by atoms with E-state index in [-0.39, 0.29) is 0 Å². The Kier molecular flexibility index (Phi) is 4.23. The molecular weight excluding hydrogens is 328 g/mol. The standard InChI is InChI=1S/C20H18N4O2/c1-13-6-8-14(9-7-13)11-21-19-17-18(24-26-20(17)23-12-22-19)15-4-3-5-16(10-15)25-2/h3-10,12H,11H2,1-2H3,(H,21,22,23). The molecule has 6 nitrogen and oxygen atoms in total. The van der Waals surface area contributed by atoms with E-state index in [1.807, 2.05) is 24.3 Å². The fraction of sp³-hybridized carbons (Fsp3) is 0.150. The van der Waals surface area contributed by atoms with E-state index < -0.39 is 0 Å². The second-order valence-electron chi connectivity index (χ2n) is 6.00. The van der Waals surface area contributed by atoms with Crippen LogP contribution in [0, 0.1) is 6.92 Å². The molecule has 0 radical (unpaired) electrons. The molecule has 0 saturated heterocycles. The SMILES string of the molecule is COc1cccc(-c2noc3ncnc(NCc4ccc(C)cc4)c23)c1. The molecule has 0 aliphatic rings. The molecule has 26 heavy (non-hydrogen) atoms. The maximum absolute atomic E-state index is 5.40. The minimum Gasteiger partial charge on any atom is -0.497 e. The number of aromatic nitrogens is 3. The van der Waals surface area contributed by atoms with E-state index in [0.29, 0.717) is 23.8 Å². The Hall–Kier alpha value is -3.41. The first-order valence-electron chi connectivity index (χ1n) is 8.29. The second kappa shape index (κ2) is 6.84. The summed E-state index contributed by atoms with van der Waals surface area (Å²) in [5, 5.41) is 8.32. The van der Waals surface area contributed by atoms with Gasteiger partial charge in [0.2, 0.25) is 0 Å².